The van der Waals surface area contributed by atoms with Gasteiger partial charge in [0.2, 0.25) is 11.6 Å². The summed E-state index contributed by atoms with van der Waals surface area (Å²) in [7, 11) is -4.15. The van der Waals surface area contributed by atoms with Gasteiger partial charge in [0.15, 0.2) is 0 Å². The van der Waals surface area contributed by atoms with Crippen LogP contribution in [0, 0.1) is 0 Å². The first-order valence-electron chi connectivity index (χ1n) is 10.6. The molecule has 1 saturated heterocycles. The average Bonchev–Trinajstić information content (AvgIpc) is 2.83. The number of amides is 1. The number of nitrogens with one attached hydrogen (secondary N) is 1. The Balaban J connectivity index is 1.72. The smallest absolute Gasteiger partial charge is 0.409 e. The Morgan fingerprint density at radius 3 is 2.15 bits per heavy atom. The first-order valence-corrected chi connectivity index (χ1v) is 12.9. The summed E-state index contributed by atoms with van der Waals surface area (Å²) >= 11 is 3.27. The van der Waals surface area contributed by atoms with Gasteiger partial charge in [-0.2, -0.15) is 0 Å². The molecule has 9 nitrogen and oxygen atoms in total. The van der Waals surface area contributed by atoms with Gasteiger partial charge in [-0.3, -0.25) is 14.3 Å². The normalized spacial score (nSPS) is 16.4. The predicted octanol–water partition coefficient (Wildman–Crippen LogP) is 2.79. The third-order valence-corrected chi connectivity index (χ3v) is 7.47. The van der Waals surface area contributed by atoms with Crippen molar-refractivity contribution in [3.05, 3.63) is 75.5 Å². The lowest BCUT2D eigenvalue weighted by Gasteiger charge is -2.38. The predicted molar refractivity (Wildman–Crippen MR) is 127 cm³/mol. The van der Waals surface area contributed by atoms with Gasteiger partial charge in [-0.15, -0.1) is 0 Å². The highest BCUT2D eigenvalue weighted by Crippen LogP contribution is 2.29. The fourth-order valence-electron chi connectivity index (χ4n) is 3.89. The van der Waals surface area contributed by atoms with Gasteiger partial charge in [0.1, 0.15) is 11.4 Å². The number of nitrogens with zero attached hydrogens (tertiary/aromatic N) is 2. The van der Waals surface area contributed by atoms with Crippen molar-refractivity contribution < 1.29 is 27.5 Å². The summed E-state index contributed by atoms with van der Waals surface area (Å²) in [5.74, 6) is -1.04. The number of hydrogen-bond donors (Lipinski definition) is 1. The summed E-state index contributed by atoms with van der Waals surface area (Å²) in [6.07, 6.45) is -0.455. The van der Waals surface area contributed by atoms with Crippen LogP contribution in [0.15, 0.2) is 69.3 Å². The standard InChI is InChI=1S/C23H22BrN3O6S/c1-2-33-23(30)27-13-11-26(12-14-27)20-19(21(28)17-5-3-4-6-18(17)22(20)29)25-34(31,32)16-9-7-15(24)8-10-16/h3-10,25H,2,11-14H2,1H3. The number of hydrogen-bond acceptors (Lipinski definition) is 7. The lowest BCUT2D eigenvalue weighted by Crippen LogP contribution is -2.51. The lowest BCUT2D eigenvalue weighted by molar-refractivity contribution is 0.0799. The number of piperazine rings is 1. The van der Waals surface area contributed by atoms with Gasteiger partial charge < -0.3 is 14.5 Å². The van der Waals surface area contributed by atoms with Gasteiger partial charge in [-0.05, 0) is 31.2 Å². The van der Waals surface area contributed by atoms with Crippen LogP contribution in [0.1, 0.15) is 27.6 Å². The number of ketones is 2. The molecule has 0 saturated carbocycles. The van der Waals surface area contributed by atoms with Crippen LogP contribution in [-0.2, 0) is 14.8 Å². The molecule has 1 aliphatic carbocycles. The summed E-state index contributed by atoms with van der Waals surface area (Å²) < 4.78 is 34.3. The van der Waals surface area contributed by atoms with E-state index in [1.807, 2.05) is 0 Å². The van der Waals surface area contributed by atoms with Crippen LogP contribution >= 0.6 is 15.9 Å². The number of benzene rings is 2. The first kappa shape index (κ1) is 24.0. The maximum atomic E-state index is 13.5. The van der Waals surface area contributed by atoms with E-state index in [0.717, 1.165) is 0 Å². The van der Waals surface area contributed by atoms with Crippen molar-refractivity contribution in [2.45, 2.75) is 11.8 Å². The second-order valence-corrected chi connectivity index (χ2v) is 10.3. The minimum Gasteiger partial charge on any atom is -0.450 e. The van der Waals surface area contributed by atoms with Crippen molar-refractivity contribution in [1.29, 1.82) is 0 Å². The third-order valence-electron chi connectivity index (χ3n) is 5.58. The number of ether oxygens (including phenoxy) is 1. The van der Waals surface area contributed by atoms with Crippen LogP contribution in [0.25, 0.3) is 0 Å². The van der Waals surface area contributed by atoms with E-state index in [2.05, 4.69) is 20.7 Å². The summed E-state index contributed by atoms with van der Waals surface area (Å²) in [6, 6.07) is 12.2. The van der Waals surface area contributed by atoms with E-state index in [-0.39, 0.29) is 60.2 Å². The zero-order chi connectivity index (χ0) is 24.5. The molecule has 0 radical (unpaired) electrons. The Labute approximate surface area is 205 Å². The Hall–Kier alpha value is -3.18. The second-order valence-electron chi connectivity index (χ2n) is 7.66. The van der Waals surface area contributed by atoms with Gasteiger partial charge in [-0.1, -0.05) is 40.2 Å². The van der Waals surface area contributed by atoms with E-state index in [1.165, 1.54) is 23.1 Å². The summed E-state index contributed by atoms with van der Waals surface area (Å²) in [4.78, 5) is 42.0. The van der Waals surface area contributed by atoms with Gasteiger partial charge in [0.05, 0.1) is 11.5 Å². The fraction of sp³-hybridized carbons (Fsp3) is 0.261. The van der Waals surface area contributed by atoms with Crippen LogP contribution in [0.4, 0.5) is 4.79 Å². The number of halogens is 1. The molecule has 1 aliphatic heterocycles. The Bertz CT molecular complexity index is 1280. The minimum atomic E-state index is -4.15. The van der Waals surface area contributed by atoms with Gasteiger partial charge in [0.25, 0.3) is 10.0 Å². The third kappa shape index (κ3) is 4.58. The molecule has 4 rings (SSSR count). The zero-order valence-corrected chi connectivity index (χ0v) is 20.7. The molecule has 0 spiro atoms. The number of sulfonamides is 1. The first-order chi connectivity index (χ1) is 16.2. The highest BCUT2D eigenvalue weighted by Gasteiger charge is 2.38. The van der Waals surface area contributed by atoms with E-state index in [0.29, 0.717) is 4.47 Å². The molecule has 1 fully saturated rings. The molecule has 11 heteroatoms. The van der Waals surface area contributed by atoms with Crippen LogP contribution < -0.4 is 4.72 Å². The molecular weight excluding hydrogens is 526 g/mol. The van der Waals surface area contributed by atoms with Crippen LogP contribution in [0.3, 0.4) is 0 Å². The summed E-state index contributed by atoms with van der Waals surface area (Å²) in [5.41, 5.74) is 0.0286. The van der Waals surface area contributed by atoms with Crippen molar-refractivity contribution in [3.8, 4) is 0 Å². The van der Waals surface area contributed by atoms with Crippen molar-refractivity contribution in [2.24, 2.45) is 0 Å². The highest BCUT2D eigenvalue weighted by molar-refractivity contribution is 9.10. The molecule has 1 heterocycles. The monoisotopic (exact) mass is 547 g/mol. The van der Waals surface area contributed by atoms with Crippen LogP contribution in [0.2, 0.25) is 0 Å². The maximum absolute atomic E-state index is 13.5. The molecule has 0 aromatic heterocycles. The molecule has 1 N–H and O–H groups in total. The van der Waals surface area contributed by atoms with Crippen molar-refractivity contribution in [2.75, 3.05) is 32.8 Å². The number of carbonyl (C=O) groups is 3. The Kier molecular flexibility index (Phi) is 6.76. The quantitative estimate of drug-likeness (QED) is 0.612. The van der Waals surface area contributed by atoms with Gasteiger partial charge >= 0.3 is 6.09 Å². The second kappa shape index (κ2) is 9.59. The molecule has 0 atom stereocenters. The summed E-state index contributed by atoms with van der Waals surface area (Å²) in [5, 5.41) is 0. The number of Topliss-reactive ketones (excluding diaryl/α,β-unsaturated/α-hetero) is 2. The molecule has 0 unspecified atom stereocenters. The molecule has 2 aliphatic rings. The average molecular weight is 548 g/mol. The van der Waals surface area contributed by atoms with E-state index >= 15 is 0 Å². The lowest BCUT2D eigenvalue weighted by atomic mass is 9.90. The van der Waals surface area contributed by atoms with E-state index in [4.69, 9.17) is 4.74 Å². The topological polar surface area (TPSA) is 113 Å². The SMILES string of the molecule is CCOC(=O)N1CCN(C2=C(NS(=O)(=O)c3ccc(Br)cc3)C(=O)c3ccccc3C2=O)CC1. The van der Waals surface area contributed by atoms with E-state index < -0.39 is 27.7 Å². The van der Waals surface area contributed by atoms with Crippen molar-refractivity contribution >= 4 is 43.6 Å². The summed E-state index contributed by atoms with van der Waals surface area (Å²) in [6.45, 7) is 2.95. The highest BCUT2D eigenvalue weighted by atomic mass is 79.9. The molecule has 1 amide bonds. The molecule has 0 bridgehead atoms. The van der Waals surface area contributed by atoms with Gasteiger partial charge in [-0.25, -0.2) is 13.2 Å². The number of carbonyl (C=O) groups excluding carboxylic acids is 3. The number of fused-ring (bicyclic) bond motifs is 1. The number of allylic oxidation sites excluding steroid dienone is 2. The molecule has 2 aromatic rings. The molecule has 178 valence electrons. The number of rotatable bonds is 5. The molecule has 34 heavy (non-hydrogen) atoms. The minimum absolute atomic E-state index is 0.0205. The van der Waals surface area contributed by atoms with Crippen molar-refractivity contribution in [1.82, 2.24) is 14.5 Å². The molecule has 2 aromatic carbocycles. The maximum Gasteiger partial charge on any atom is 0.409 e. The fourth-order valence-corrected chi connectivity index (χ4v) is 5.23. The van der Waals surface area contributed by atoms with Gasteiger partial charge in [0, 0.05) is 41.8 Å². The Morgan fingerprint density at radius 1 is 0.971 bits per heavy atom. The largest absolute Gasteiger partial charge is 0.450 e. The van der Waals surface area contributed by atoms with E-state index in [9.17, 15) is 22.8 Å². The van der Waals surface area contributed by atoms with Crippen LogP contribution in [-0.4, -0.2) is 68.7 Å². The van der Waals surface area contributed by atoms with Crippen LogP contribution in [0.5, 0.6) is 0 Å². The Morgan fingerprint density at radius 2 is 1.56 bits per heavy atom. The van der Waals surface area contributed by atoms with Crippen molar-refractivity contribution in [3.63, 3.8) is 0 Å². The zero-order valence-electron chi connectivity index (χ0n) is 18.3. The molecular formula is C23H22BrN3O6S. The van der Waals surface area contributed by atoms with E-state index in [1.54, 1.807) is 42.2 Å².